The lowest BCUT2D eigenvalue weighted by Crippen LogP contribution is -2.23. The molecule has 0 unspecified atom stereocenters. The fraction of sp³-hybridized carbons (Fsp3) is 0.214. The first kappa shape index (κ1) is 14.6. The zero-order chi connectivity index (χ0) is 14.6. The van der Waals surface area contributed by atoms with Crippen LogP contribution in [-0.2, 0) is 23.1 Å². The van der Waals surface area contributed by atoms with Crippen molar-refractivity contribution >= 4 is 10.0 Å². The van der Waals surface area contributed by atoms with Gasteiger partial charge in [-0.25, -0.2) is 13.1 Å². The molecule has 0 bridgehead atoms. The van der Waals surface area contributed by atoms with Gasteiger partial charge in [0.1, 0.15) is 0 Å². The molecular formula is C14H17N3O2S. The molecule has 1 aromatic carbocycles. The summed E-state index contributed by atoms with van der Waals surface area (Å²) in [6.07, 6.45) is 3.34. The molecule has 0 atom stereocenters. The van der Waals surface area contributed by atoms with Gasteiger partial charge in [-0.15, -0.1) is 0 Å². The third kappa shape index (κ3) is 3.41. The van der Waals surface area contributed by atoms with E-state index in [2.05, 4.69) is 9.71 Å². The van der Waals surface area contributed by atoms with Crippen molar-refractivity contribution in [1.82, 2.24) is 9.71 Å². The maximum absolute atomic E-state index is 12.2. The van der Waals surface area contributed by atoms with Gasteiger partial charge in [0.2, 0.25) is 10.0 Å². The first-order valence-electron chi connectivity index (χ1n) is 6.21. The Morgan fingerprint density at radius 2 is 2.10 bits per heavy atom. The van der Waals surface area contributed by atoms with Gasteiger partial charge in [0.25, 0.3) is 0 Å². The molecule has 0 aliphatic rings. The number of rotatable bonds is 5. The third-order valence-electron chi connectivity index (χ3n) is 3.04. The van der Waals surface area contributed by atoms with E-state index in [0.717, 1.165) is 16.7 Å². The van der Waals surface area contributed by atoms with Gasteiger partial charge < -0.3 is 5.73 Å². The molecule has 0 spiro atoms. The number of nitrogens with two attached hydrogens (primary N) is 1. The van der Waals surface area contributed by atoms with Crippen LogP contribution in [0.4, 0.5) is 0 Å². The normalized spacial score (nSPS) is 11.5. The van der Waals surface area contributed by atoms with Crippen LogP contribution in [0.5, 0.6) is 0 Å². The average Bonchev–Trinajstić information content (AvgIpc) is 2.46. The SMILES string of the molecule is Cc1ccncc1CNS(=O)(=O)c1cccc(CN)c1. The highest BCUT2D eigenvalue weighted by Gasteiger charge is 2.14. The van der Waals surface area contributed by atoms with Crippen molar-refractivity contribution < 1.29 is 8.42 Å². The Hall–Kier alpha value is -1.76. The number of nitrogens with zero attached hydrogens (tertiary/aromatic N) is 1. The van der Waals surface area contributed by atoms with Crippen LogP contribution in [0.25, 0.3) is 0 Å². The lowest BCUT2D eigenvalue weighted by Gasteiger charge is -2.09. The summed E-state index contributed by atoms with van der Waals surface area (Å²) in [5.74, 6) is 0. The van der Waals surface area contributed by atoms with Crippen molar-refractivity contribution in [2.24, 2.45) is 5.73 Å². The van der Waals surface area contributed by atoms with Crippen molar-refractivity contribution in [3.05, 3.63) is 59.4 Å². The molecule has 3 N–H and O–H groups in total. The number of hydrogen-bond donors (Lipinski definition) is 2. The van der Waals surface area contributed by atoms with Crippen molar-refractivity contribution in [1.29, 1.82) is 0 Å². The van der Waals surface area contributed by atoms with Gasteiger partial charge in [0.05, 0.1) is 4.90 Å². The average molecular weight is 291 g/mol. The van der Waals surface area contributed by atoms with Crippen molar-refractivity contribution in [3.8, 4) is 0 Å². The van der Waals surface area contributed by atoms with Crippen molar-refractivity contribution in [2.45, 2.75) is 24.9 Å². The van der Waals surface area contributed by atoms with E-state index < -0.39 is 10.0 Å². The van der Waals surface area contributed by atoms with Gasteiger partial charge >= 0.3 is 0 Å². The zero-order valence-electron chi connectivity index (χ0n) is 11.2. The molecule has 0 saturated heterocycles. The summed E-state index contributed by atoms with van der Waals surface area (Å²) in [4.78, 5) is 4.22. The van der Waals surface area contributed by atoms with Gasteiger partial charge in [-0.2, -0.15) is 0 Å². The lowest BCUT2D eigenvalue weighted by molar-refractivity contribution is 0.581. The minimum absolute atomic E-state index is 0.217. The largest absolute Gasteiger partial charge is 0.326 e. The van der Waals surface area contributed by atoms with Crippen LogP contribution in [0.1, 0.15) is 16.7 Å². The van der Waals surface area contributed by atoms with E-state index >= 15 is 0 Å². The number of aromatic nitrogens is 1. The van der Waals surface area contributed by atoms with Crippen LogP contribution in [0, 0.1) is 6.92 Å². The number of sulfonamides is 1. The second-order valence-corrected chi connectivity index (χ2v) is 6.25. The molecule has 0 saturated carbocycles. The Kier molecular flexibility index (Phi) is 4.49. The zero-order valence-corrected chi connectivity index (χ0v) is 12.0. The van der Waals surface area contributed by atoms with E-state index in [1.807, 2.05) is 13.0 Å². The number of aryl methyl sites for hydroxylation is 1. The van der Waals surface area contributed by atoms with Gasteiger partial charge in [-0.3, -0.25) is 4.98 Å². The van der Waals surface area contributed by atoms with Crippen LogP contribution in [0.3, 0.4) is 0 Å². The molecule has 6 heteroatoms. The fourth-order valence-corrected chi connectivity index (χ4v) is 2.85. The highest BCUT2D eigenvalue weighted by molar-refractivity contribution is 7.89. The van der Waals surface area contributed by atoms with Crippen LogP contribution >= 0.6 is 0 Å². The molecule has 106 valence electrons. The molecule has 1 aromatic heterocycles. The van der Waals surface area contributed by atoms with E-state index in [0.29, 0.717) is 6.54 Å². The van der Waals surface area contributed by atoms with Crippen molar-refractivity contribution in [3.63, 3.8) is 0 Å². The molecule has 0 fully saturated rings. The van der Waals surface area contributed by atoms with Crippen LogP contribution in [0.2, 0.25) is 0 Å². The number of benzene rings is 1. The summed E-state index contributed by atoms with van der Waals surface area (Å²) in [7, 11) is -3.54. The first-order valence-corrected chi connectivity index (χ1v) is 7.69. The molecule has 20 heavy (non-hydrogen) atoms. The Balaban J connectivity index is 2.17. The Labute approximate surface area is 118 Å². The molecule has 0 aliphatic heterocycles. The van der Waals surface area contributed by atoms with Gasteiger partial charge in [0.15, 0.2) is 0 Å². The predicted octanol–water partition coefficient (Wildman–Crippen LogP) is 1.33. The Morgan fingerprint density at radius 3 is 2.80 bits per heavy atom. The second kappa shape index (κ2) is 6.13. The number of pyridine rings is 1. The van der Waals surface area contributed by atoms with Crippen LogP contribution < -0.4 is 10.5 Å². The number of nitrogens with one attached hydrogen (secondary N) is 1. The summed E-state index contributed by atoms with van der Waals surface area (Å²) >= 11 is 0. The number of hydrogen-bond acceptors (Lipinski definition) is 4. The van der Waals surface area contributed by atoms with E-state index in [9.17, 15) is 8.42 Å². The Bertz CT molecular complexity index is 699. The van der Waals surface area contributed by atoms with Crippen LogP contribution in [0.15, 0.2) is 47.6 Å². The first-order chi connectivity index (χ1) is 9.53. The third-order valence-corrected chi connectivity index (χ3v) is 4.44. The van der Waals surface area contributed by atoms with Gasteiger partial charge in [0, 0.05) is 25.5 Å². The smallest absolute Gasteiger partial charge is 0.240 e. The maximum Gasteiger partial charge on any atom is 0.240 e. The molecular weight excluding hydrogens is 274 g/mol. The molecule has 2 aromatic rings. The standard InChI is InChI=1S/C14H17N3O2S/c1-11-5-6-16-9-13(11)10-17-20(18,19)14-4-2-3-12(7-14)8-15/h2-7,9,17H,8,10,15H2,1H3. The summed E-state index contributed by atoms with van der Waals surface area (Å²) in [5, 5.41) is 0. The minimum Gasteiger partial charge on any atom is -0.326 e. The van der Waals surface area contributed by atoms with E-state index in [4.69, 9.17) is 5.73 Å². The minimum atomic E-state index is -3.54. The lowest BCUT2D eigenvalue weighted by atomic mass is 10.2. The molecule has 0 aliphatic carbocycles. The summed E-state index contributed by atoms with van der Waals surface area (Å²) in [6.45, 7) is 2.44. The van der Waals surface area contributed by atoms with Gasteiger partial charge in [-0.1, -0.05) is 12.1 Å². The molecule has 0 radical (unpaired) electrons. The highest BCUT2D eigenvalue weighted by Crippen LogP contribution is 2.12. The van der Waals surface area contributed by atoms with Gasteiger partial charge in [-0.05, 0) is 41.8 Å². The highest BCUT2D eigenvalue weighted by atomic mass is 32.2. The predicted molar refractivity (Wildman–Crippen MR) is 77.3 cm³/mol. The molecule has 2 rings (SSSR count). The summed E-state index contributed by atoms with van der Waals surface area (Å²) < 4.78 is 27.0. The van der Waals surface area contributed by atoms with E-state index in [1.165, 1.54) is 0 Å². The van der Waals surface area contributed by atoms with Crippen molar-refractivity contribution in [2.75, 3.05) is 0 Å². The summed E-state index contributed by atoms with van der Waals surface area (Å²) in [6, 6.07) is 8.46. The maximum atomic E-state index is 12.2. The fourth-order valence-electron chi connectivity index (χ4n) is 1.78. The topological polar surface area (TPSA) is 85.1 Å². The quantitative estimate of drug-likeness (QED) is 0.870. The molecule has 0 amide bonds. The Morgan fingerprint density at radius 1 is 1.30 bits per heavy atom. The van der Waals surface area contributed by atoms with Crippen LogP contribution in [-0.4, -0.2) is 13.4 Å². The monoisotopic (exact) mass is 291 g/mol. The molecule has 5 nitrogen and oxygen atoms in total. The second-order valence-electron chi connectivity index (χ2n) is 4.48. The van der Waals surface area contributed by atoms with E-state index in [1.54, 1.807) is 36.7 Å². The molecule has 1 heterocycles. The summed E-state index contributed by atoms with van der Waals surface area (Å²) in [5.41, 5.74) is 8.16. The van der Waals surface area contributed by atoms with E-state index in [-0.39, 0.29) is 11.4 Å².